The number of ether oxygens (including phenoxy) is 2. The number of rotatable bonds is 7. The molecule has 0 bridgehead atoms. The van der Waals surface area contributed by atoms with Gasteiger partial charge in [-0.25, -0.2) is 16.8 Å². The Morgan fingerprint density at radius 3 is 1.71 bits per heavy atom. The summed E-state index contributed by atoms with van der Waals surface area (Å²) in [4.78, 5) is 12.0. The molecule has 1 atom stereocenters. The van der Waals surface area contributed by atoms with E-state index >= 15 is 0 Å². The average Bonchev–Trinajstić information content (AvgIpc) is 2.78. The van der Waals surface area contributed by atoms with Gasteiger partial charge in [0.05, 0.1) is 24.0 Å². The van der Waals surface area contributed by atoms with Gasteiger partial charge in [0.15, 0.2) is 0 Å². The van der Waals surface area contributed by atoms with E-state index in [-0.39, 0.29) is 29.4 Å². The zero-order valence-corrected chi connectivity index (χ0v) is 18.6. The van der Waals surface area contributed by atoms with Crippen LogP contribution in [0, 0.1) is 0 Å². The fourth-order valence-electron chi connectivity index (χ4n) is 3.26. The Labute approximate surface area is 181 Å². The molecular weight excluding hydrogens is 446 g/mol. The van der Waals surface area contributed by atoms with Crippen LogP contribution in [-0.4, -0.2) is 71.2 Å². The number of piperazine rings is 1. The fraction of sp³-hybridized carbons (Fsp3) is 0.316. The van der Waals surface area contributed by atoms with Crippen LogP contribution in [0.15, 0.2) is 58.3 Å². The van der Waals surface area contributed by atoms with Gasteiger partial charge in [-0.15, -0.1) is 0 Å². The van der Waals surface area contributed by atoms with Gasteiger partial charge in [0.25, 0.3) is 0 Å². The van der Waals surface area contributed by atoms with Crippen molar-refractivity contribution >= 4 is 26.0 Å². The van der Waals surface area contributed by atoms with Crippen molar-refractivity contribution in [3.05, 3.63) is 48.5 Å². The van der Waals surface area contributed by atoms with Crippen molar-refractivity contribution in [2.75, 3.05) is 33.9 Å². The van der Waals surface area contributed by atoms with Crippen molar-refractivity contribution in [1.29, 1.82) is 0 Å². The Hall–Kier alpha value is -2.67. The Morgan fingerprint density at radius 1 is 0.839 bits per heavy atom. The number of sulfonamides is 2. The molecule has 0 saturated carbocycles. The molecule has 1 saturated heterocycles. The number of hydrogen-bond acceptors (Lipinski definition) is 7. The molecule has 1 amide bonds. The molecule has 2 aromatic rings. The number of hydrogen-bond donors (Lipinski definition) is 1. The third kappa shape index (κ3) is 4.51. The van der Waals surface area contributed by atoms with Crippen LogP contribution < -0.4 is 15.2 Å². The van der Waals surface area contributed by atoms with Crippen molar-refractivity contribution in [3.63, 3.8) is 0 Å². The summed E-state index contributed by atoms with van der Waals surface area (Å²) in [5.41, 5.74) is 5.46. The van der Waals surface area contributed by atoms with Crippen molar-refractivity contribution in [2.45, 2.75) is 15.8 Å². The zero-order valence-electron chi connectivity index (χ0n) is 17.0. The van der Waals surface area contributed by atoms with Crippen LogP contribution in [0.1, 0.15) is 0 Å². The number of carbonyl (C=O) groups is 1. The van der Waals surface area contributed by atoms with Crippen molar-refractivity contribution in [1.82, 2.24) is 8.61 Å². The van der Waals surface area contributed by atoms with E-state index in [2.05, 4.69) is 0 Å². The molecule has 0 aliphatic carbocycles. The SMILES string of the molecule is COc1ccc(S(=O)(=O)N2CCN(S(=O)(=O)c3ccc(OC)cc3)C(C(N)=O)C2)cc1. The summed E-state index contributed by atoms with van der Waals surface area (Å²) in [7, 11) is -5.13. The van der Waals surface area contributed by atoms with Crippen LogP contribution in [0.5, 0.6) is 11.5 Å². The van der Waals surface area contributed by atoms with Gasteiger partial charge in [-0.3, -0.25) is 4.79 Å². The molecule has 2 aromatic carbocycles. The number of carbonyl (C=O) groups excluding carboxylic acids is 1. The van der Waals surface area contributed by atoms with E-state index in [9.17, 15) is 21.6 Å². The van der Waals surface area contributed by atoms with Crippen LogP contribution in [0.2, 0.25) is 0 Å². The highest BCUT2D eigenvalue weighted by atomic mass is 32.2. The van der Waals surface area contributed by atoms with E-state index in [1.807, 2.05) is 0 Å². The topological polar surface area (TPSA) is 136 Å². The Morgan fingerprint density at radius 2 is 1.29 bits per heavy atom. The van der Waals surface area contributed by atoms with Crippen molar-refractivity contribution < 1.29 is 31.1 Å². The molecule has 1 aliphatic heterocycles. The summed E-state index contributed by atoms with van der Waals surface area (Å²) in [6.45, 7) is -0.746. The van der Waals surface area contributed by atoms with Crippen molar-refractivity contribution in [2.24, 2.45) is 5.73 Å². The van der Waals surface area contributed by atoms with Gasteiger partial charge in [-0.2, -0.15) is 8.61 Å². The number of primary amides is 1. The molecule has 1 heterocycles. The predicted molar refractivity (Wildman–Crippen MR) is 112 cm³/mol. The standard InChI is InChI=1S/C19H23N3O7S2/c1-28-14-3-7-16(8-4-14)30(24,25)21-11-12-22(18(13-21)19(20)23)31(26,27)17-9-5-15(29-2)6-10-17/h3-10,18H,11-13H2,1-2H3,(H2,20,23). The summed E-state index contributed by atoms with van der Waals surface area (Å²) >= 11 is 0. The average molecular weight is 470 g/mol. The minimum absolute atomic E-state index is 0.00276. The minimum Gasteiger partial charge on any atom is -0.497 e. The van der Waals surface area contributed by atoms with E-state index in [4.69, 9.17) is 15.2 Å². The summed E-state index contributed by atoms with van der Waals surface area (Å²) < 4.78 is 64.3. The number of methoxy groups -OCH3 is 2. The maximum absolute atomic E-state index is 13.1. The van der Waals surface area contributed by atoms with Gasteiger partial charge in [-0.1, -0.05) is 0 Å². The largest absolute Gasteiger partial charge is 0.497 e. The van der Waals surface area contributed by atoms with Crippen LogP contribution in [0.3, 0.4) is 0 Å². The van der Waals surface area contributed by atoms with Crippen molar-refractivity contribution in [3.8, 4) is 11.5 Å². The van der Waals surface area contributed by atoms with Crippen LogP contribution in [-0.2, 0) is 24.8 Å². The summed E-state index contributed by atoms with van der Waals surface area (Å²) in [5, 5.41) is 0. The molecule has 1 aliphatic rings. The number of nitrogens with two attached hydrogens (primary N) is 1. The highest BCUT2D eigenvalue weighted by Crippen LogP contribution is 2.27. The van der Waals surface area contributed by atoms with Crippen LogP contribution in [0.4, 0.5) is 0 Å². The molecule has 0 radical (unpaired) electrons. The van der Waals surface area contributed by atoms with E-state index in [0.29, 0.717) is 11.5 Å². The van der Waals surface area contributed by atoms with Crippen LogP contribution >= 0.6 is 0 Å². The summed E-state index contributed by atoms with van der Waals surface area (Å²) in [5.74, 6) is 0.0249. The second kappa shape index (κ2) is 8.83. The summed E-state index contributed by atoms with van der Waals surface area (Å²) in [6.07, 6.45) is 0. The van der Waals surface area contributed by atoms with Gasteiger partial charge < -0.3 is 15.2 Å². The summed E-state index contributed by atoms with van der Waals surface area (Å²) in [6, 6.07) is 10.1. The lowest BCUT2D eigenvalue weighted by atomic mass is 10.2. The molecule has 2 N–H and O–H groups in total. The molecule has 1 fully saturated rings. The van der Waals surface area contributed by atoms with E-state index < -0.39 is 32.0 Å². The molecule has 10 nitrogen and oxygen atoms in total. The Bertz CT molecular complexity index is 1150. The first-order chi connectivity index (χ1) is 14.6. The smallest absolute Gasteiger partial charge is 0.243 e. The third-order valence-electron chi connectivity index (χ3n) is 4.99. The second-order valence-electron chi connectivity index (χ2n) is 6.75. The molecular formula is C19H23N3O7S2. The van der Waals surface area contributed by atoms with E-state index in [1.54, 1.807) is 0 Å². The molecule has 3 rings (SSSR count). The van der Waals surface area contributed by atoms with Crippen LogP contribution in [0.25, 0.3) is 0 Å². The lowest BCUT2D eigenvalue weighted by Crippen LogP contribution is -2.60. The van der Waals surface area contributed by atoms with Gasteiger partial charge in [0.2, 0.25) is 26.0 Å². The van der Waals surface area contributed by atoms with Gasteiger partial charge >= 0.3 is 0 Å². The second-order valence-corrected chi connectivity index (χ2v) is 10.6. The van der Waals surface area contributed by atoms with Gasteiger partial charge in [0, 0.05) is 19.6 Å². The zero-order chi connectivity index (χ0) is 22.8. The lowest BCUT2D eigenvalue weighted by Gasteiger charge is -2.38. The molecule has 0 aromatic heterocycles. The molecule has 12 heteroatoms. The van der Waals surface area contributed by atoms with E-state index in [0.717, 1.165) is 8.61 Å². The monoisotopic (exact) mass is 469 g/mol. The van der Waals surface area contributed by atoms with Gasteiger partial charge in [-0.05, 0) is 48.5 Å². The normalized spacial score (nSPS) is 18.5. The maximum atomic E-state index is 13.1. The number of amides is 1. The predicted octanol–water partition coefficient (Wildman–Crippen LogP) is 0.253. The molecule has 0 spiro atoms. The molecule has 31 heavy (non-hydrogen) atoms. The maximum Gasteiger partial charge on any atom is 0.243 e. The Balaban J connectivity index is 1.88. The number of benzene rings is 2. The highest BCUT2D eigenvalue weighted by Gasteiger charge is 2.42. The number of nitrogens with zero attached hydrogens (tertiary/aromatic N) is 2. The van der Waals surface area contributed by atoms with Gasteiger partial charge in [0.1, 0.15) is 17.5 Å². The fourth-order valence-corrected chi connectivity index (χ4v) is 6.27. The minimum atomic E-state index is -4.08. The lowest BCUT2D eigenvalue weighted by molar-refractivity contribution is -0.122. The quantitative estimate of drug-likeness (QED) is 0.614. The first-order valence-corrected chi connectivity index (χ1v) is 12.1. The van der Waals surface area contributed by atoms with E-state index in [1.165, 1.54) is 62.8 Å². The molecule has 168 valence electrons. The third-order valence-corrected chi connectivity index (χ3v) is 8.79. The molecule has 1 unspecified atom stereocenters. The highest BCUT2D eigenvalue weighted by molar-refractivity contribution is 7.89. The first-order valence-electron chi connectivity index (χ1n) is 9.20. The Kier molecular flexibility index (Phi) is 6.55. The first kappa shape index (κ1) is 23.0.